The average Bonchev–Trinajstić information content (AvgIpc) is 3.75. The Kier molecular flexibility index (Phi) is 8.55. The molecule has 6 heteroatoms. The molecule has 0 radical (unpaired) electrons. The molecule has 0 aliphatic heterocycles. The molecule has 290 valence electrons. The van der Waals surface area contributed by atoms with Gasteiger partial charge < -0.3 is 9.13 Å². The van der Waals surface area contributed by atoms with Crippen LogP contribution in [0.2, 0.25) is 0 Å². The molecule has 60 heavy (non-hydrogen) atoms. The summed E-state index contributed by atoms with van der Waals surface area (Å²) in [6.07, 6.45) is -4.61. The van der Waals surface area contributed by atoms with Crippen molar-refractivity contribution in [2.24, 2.45) is 0 Å². The molecule has 0 saturated carbocycles. The fourth-order valence-corrected chi connectivity index (χ4v) is 9.27. The number of para-hydroxylation sites is 3. The van der Waals surface area contributed by atoms with E-state index in [2.05, 4.69) is 128 Å². The Balaban J connectivity index is 1.27. The average molecular weight is 786 g/mol. The van der Waals surface area contributed by atoms with E-state index in [1.165, 1.54) is 28.3 Å². The van der Waals surface area contributed by atoms with Crippen molar-refractivity contribution in [2.75, 3.05) is 0 Å². The van der Waals surface area contributed by atoms with Gasteiger partial charge in [0.25, 0.3) is 0 Å². The predicted molar refractivity (Wildman–Crippen MR) is 240 cm³/mol. The minimum absolute atomic E-state index is 0.345. The molecule has 10 rings (SSSR count). The zero-order valence-corrected chi connectivity index (χ0v) is 33.5. The van der Waals surface area contributed by atoms with Crippen LogP contribution in [0.3, 0.4) is 0 Å². The normalized spacial score (nSPS) is 11.9. The Morgan fingerprint density at radius 2 is 0.983 bits per heavy atom. The van der Waals surface area contributed by atoms with Crippen LogP contribution in [0, 0.1) is 39.0 Å². The molecule has 2 aromatic heterocycles. The second-order valence-electron chi connectivity index (χ2n) is 15.8. The van der Waals surface area contributed by atoms with Gasteiger partial charge in [-0.05, 0) is 122 Å². The van der Waals surface area contributed by atoms with Crippen molar-refractivity contribution in [2.45, 2.75) is 33.9 Å². The summed E-state index contributed by atoms with van der Waals surface area (Å²) in [5, 5.41) is 14.7. The third kappa shape index (κ3) is 5.88. The summed E-state index contributed by atoms with van der Waals surface area (Å²) in [6.45, 7) is 8.38. The minimum atomic E-state index is -4.61. The van der Waals surface area contributed by atoms with Crippen molar-refractivity contribution in [1.82, 2.24) is 9.13 Å². The van der Waals surface area contributed by atoms with E-state index in [9.17, 15) is 18.4 Å². The van der Waals surface area contributed by atoms with Crippen LogP contribution in [0.15, 0.2) is 158 Å². The number of aromatic nitrogens is 2. The van der Waals surface area contributed by atoms with E-state index in [0.29, 0.717) is 28.1 Å². The van der Waals surface area contributed by atoms with Crippen LogP contribution in [0.1, 0.15) is 33.4 Å². The van der Waals surface area contributed by atoms with E-state index in [1.807, 2.05) is 42.5 Å². The Morgan fingerprint density at radius 1 is 0.450 bits per heavy atom. The SMILES string of the molecule is Cc1ccc(-c2ccc3c(c2)c2ccccc2n3-c2ccc(C(F)(F)F)cc2-c2cccc(C#N)c2-n2c3ccccc3c3cc(-c4ccc(C)cc4C)ccc32)c(C)c1. The summed E-state index contributed by atoms with van der Waals surface area (Å²) in [5.74, 6) is 0. The molecule has 0 amide bonds. The van der Waals surface area contributed by atoms with Gasteiger partial charge >= 0.3 is 6.18 Å². The molecule has 0 saturated heterocycles. The zero-order chi connectivity index (χ0) is 41.4. The second-order valence-corrected chi connectivity index (χ2v) is 15.8. The van der Waals surface area contributed by atoms with Crippen LogP contribution in [0.4, 0.5) is 13.2 Å². The summed E-state index contributed by atoms with van der Waals surface area (Å²) in [6, 6.07) is 53.3. The molecule has 0 bridgehead atoms. The highest BCUT2D eigenvalue weighted by atomic mass is 19.4. The lowest BCUT2D eigenvalue weighted by Crippen LogP contribution is -2.08. The van der Waals surface area contributed by atoms with Gasteiger partial charge in [-0.15, -0.1) is 0 Å². The number of hydrogen-bond acceptors (Lipinski definition) is 1. The highest BCUT2D eigenvalue weighted by molar-refractivity contribution is 6.13. The summed E-state index contributed by atoms with van der Waals surface area (Å²) in [4.78, 5) is 0. The highest BCUT2D eigenvalue weighted by Crippen LogP contribution is 2.45. The zero-order valence-electron chi connectivity index (χ0n) is 33.5. The van der Waals surface area contributed by atoms with Gasteiger partial charge in [-0.2, -0.15) is 18.4 Å². The monoisotopic (exact) mass is 785 g/mol. The maximum atomic E-state index is 14.8. The van der Waals surface area contributed by atoms with Gasteiger partial charge in [-0.3, -0.25) is 0 Å². The number of rotatable bonds is 5. The lowest BCUT2D eigenvalue weighted by atomic mass is 9.95. The van der Waals surface area contributed by atoms with Crippen molar-refractivity contribution >= 4 is 43.6 Å². The fraction of sp³-hybridized carbons (Fsp3) is 0.0926. The number of nitrogens with zero attached hydrogens (tertiary/aromatic N) is 3. The van der Waals surface area contributed by atoms with E-state index in [0.717, 1.165) is 71.9 Å². The minimum Gasteiger partial charge on any atom is -0.309 e. The van der Waals surface area contributed by atoms with Gasteiger partial charge in [0.05, 0.1) is 44.6 Å². The smallest absolute Gasteiger partial charge is 0.309 e. The van der Waals surface area contributed by atoms with Crippen molar-refractivity contribution in [3.8, 4) is 50.8 Å². The van der Waals surface area contributed by atoms with E-state index in [-0.39, 0.29) is 0 Å². The van der Waals surface area contributed by atoms with Gasteiger partial charge in [0.15, 0.2) is 0 Å². The van der Waals surface area contributed by atoms with Crippen LogP contribution >= 0.6 is 0 Å². The number of alkyl halides is 3. The van der Waals surface area contributed by atoms with Gasteiger partial charge in [-0.25, -0.2) is 0 Å². The first-order chi connectivity index (χ1) is 29.0. The number of halogens is 3. The fourth-order valence-electron chi connectivity index (χ4n) is 9.27. The lowest BCUT2D eigenvalue weighted by molar-refractivity contribution is -0.137. The third-order valence-corrected chi connectivity index (χ3v) is 12.0. The summed E-state index contributed by atoms with van der Waals surface area (Å²) >= 11 is 0. The lowest BCUT2D eigenvalue weighted by Gasteiger charge is -2.21. The van der Waals surface area contributed by atoms with Crippen LogP contribution in [-0.2, 0) is 6.18 Å². The molecule has 0 unspecified atom stereocenters. The molecule has 0 atom stereocenters. The maximum absolute atomic E-state index is 14.8. The largest absolute Gasteiger partial charge is 0.416 e. The van der Waals surface area contributed by atoms with Crippen molar-refractivity contribution in [1.29, 1.82) is 5.26 Å². The van der Waals surface area contributed by atoms with Crippen LogP contribution in [0.25, 0.3) is 88.4 Å². The van der Waals surface area contributed by atoms with Crippen LogP contribution < -0.4 is 0 Å². The molecule has 0 spiro atoms. The molecule has 10 aromatic rings. The first kappa shape index (κ1) is 36.9. The number of hydrogen-bond donors (Lipinski definition) is 0. The van der Waals surface area contributed by atoms with Crippen LogP contribution in [0.5, 0.6) is 0 Å². The Morgan fingerprint density at radius 3 is 1.53 bits per heavy atom. The maximum Gasteiger partial charge on any atom is 0.416 e. The van der Waals surface area contributed by atoms with E-state index in [4.69, 9.17) is 0 Å². The molecule has 0 aliphatic rings. The summed E-state index contributed by atoms with van der Waals surface area (Å²) in [5.41, 5.74) is 14.0. The highest BCUT2D eigenvalue weighted by Gasteiger charge is 2.32. The van der Waals surface area contributed by atoms with Gasteiger partial charge in [0, 0.05) is 32.7 Å². The van der Waals surface area contributed by atoms with Crippen molar-refractivity contribution < 1.29 is 13.2 Å². The quantitative estimate of drug-likeness (QED) is 0.171. The number of nitriles is 1. The molecule has 0 N–H and O–H groups in total. The number of fused-ring (bicyclic) bond motifs is 6. The van der Waals surface area contributed by atoms with E-state index < -0.39 is 11.7 Å². The first-order valence-corrected chi connectivity index (χ1v) is 20.0. The molecule has 8 aromatic carbocycles. The summed E-state index contributed by atoms with van der Waals surface area (Å²) < 4.78 is 48.6. The topological polar surface area (TPSA) is 33.6 Å². The number of aryl methyl sites for hydroxylation is 4. The first-order valence-electron chi connectivity index (χ1n) is 20.0. The Bertz CT molecular complexity index is 3430. The van der Waals surface area contributed by atoms with Gasteiger partial charge in [0.2, 0.25) is 0 Å². The molecule has 0 fully saturated rings. The molecule has 3 nitrogen and oxygen atoms in total. The molecular weight excluding hydrogens is 748 g/mol. The summed E-state index contributed by atoms with van der Waals surface area (Å²) in [7, 11) is 0. The van der Waals surface area contributed by atoms with E-state index in [1.54, 1.807) is 18.2 Å². The van der Waals surface area contributed by atoms with Crippen LogP contribution in [-0.4, -0.2) is 9.13 Å². The predicted octanol–water partition coefficient (Wildman–Crippen LogP) is 15.0. The van der Waals surface area contributed by atoms with E-state index >= 15 is 0 Å². The number of benzene rings is 8. The molecular formula is C54H38F3N3. The molecule has 2 heterocycles. The Hall–Kier alpha value is -7.36. The van der Waals surface area contributed by atoms with Crippen molar-refractivity contribution in [3.05, 3.63) is 191 Å². The molecule has 0 aliphatic carbocycles. The van der Waals surface area contributed by atoms with Crippen molar-refractivity contribution in [3.63, 3.8) is 0 Å². The Labute approximate surface area is 345 Å². The van der Waals surface area contributed by atoms with Gasteiger partial charge in [-0.1, -0.05) is 108 Å². The second kappa shape index (κ2) is 13.9. The third-order valence-electron chi connectivity index (χ3n) is 12.0. The van der Waals surface area contributed by atoms with Gasteiger partial charge in [0.1, 0.15) is 6.07 Å². The standard InChI is InChI=1S/C54H38F3N3/c1-32-16-21-40(34(3)26-32)36-18-23-50-45(28-36)42-11-5-7-14-48(42)59(50)51-25-20-39(54(55,56)57)30-47(51)44-13-9-10-38(31-58)53(44)60-49-15-8-6-12-43(49)46-29-37(19-24-52(46)60)41-22-17-33(2)27-35(41)4/h5-30H,1-4H3.